The van der Waals surface area contributed by atoms with Gasteiger partial charge in [-0.2, -0.15) is 10.2 Å². The Kier molecular flexibility index (Phi) is 3.80. The van der Waals surface area contributed by atoms with Crippen LogP contribution >= 0.6 is 0 Å². The molecule has 5 nitrogen and oxygen atoms in total. The van der Waals surface area contributed by atoms with Crippen molar-refractivity contribution in [3.63, 3.8) is 0 Å². The van der Waals surface area contributed by atoms with Gasteiger partial charge in [0, 0.05) is 17.2 Å². The molecular formula is C18H11F3N4O. The van der Waals surface area contributed by atoms with E-state index in [0.717, 1.165) is 16.8 Å². The molecule has 0 radical (unpaired) electrons. The zero-order valence-corrected chi connectivity index (χ0v) is 13.2. The lowest BCUT2D eigenvalue weighted by atomic mass is 10.1. The van der Waals surface area contributed by atoms with Gasteiger partial charge in [0.25, 0.3) is 5.56 Å². The average Bonchev–Trinajstić information content (AvgIpc) is 3.05. The van der Waals surface area contributed by atoms with E-state index >= 15 is 0 Å². The largest absolute Gasteiger partial charge is 0.293 e. The fourth-order valence-electron chi connectivity index (χ4n) is 2.62. The molecule has 0 aliphatic heterocycles. The van der Waals surface area contributed by atoms with Crippen LogP contribution in [-0.4, -0.2) is 19.4 Å². The van der Waals surface area contributed by atoms with Crippen LogP contribution < -0.4 is 5.56 Å². The molecule has 0 aliphatic rings. The predicted octanol–water partition coefficient (Wildman–Crippen LogP) is 3.02. The van der Waals surface area contributed by atoms with Gasteiger partial charge in [-0.3, -0.25) is 4.79 Å². The molecule has 26 heavy (non-hydrogen) atoms. The standard InChI is InChI=1S/C18H11F3N4O/c19-13-4-1-11(2-5-13)16-8-17-18(26)24(22-10-25(17)23-16)9-12-3-6-14(20)7-15(12)21/h1-8,10H,9H2. The van der Waals surface area contributed by atoms with Crippen LogP contribution in [0.2, 0.25) is 0 Å². The van der Waals surface area contributed by atoms with Crippen LogP contribution in [0.3, 0.4) is 0 Å². The number of aromatic nitrogens is 4. The first-order chi connectivity index (χ1) is 12.5. The minimum absolute atomic E-state index is 0.140. The van der Waals surface area contributed by atoms with Gasteiger partial charge in [-0.15, -0.1) is 0 Å². The highest BCUT2D eigenvalue weighted by Gasteiger charge is 2.12. The summed E-state index contributed by atoms with van der Waals surface area (Å²) in [4.78, 5) is 12.6. The molecule has 0 saturated carbocycles. The van der Waals surface area contributed by atoms with Crippen molar-refractivity contribution in [2.75, 3.05) is 0 Å². The van der Waals surface area contributed by atoms with E-state index in [1.54, 1.807) is 18.2 Å². The quantitative estimate of drug-likeness (QED) is 0.567. The van der Waals surface area contributed by atoms with Crippen LogP contribution in [0.25, 0.3) is 16.8 Å². The zero-order valence-electron chi connectivity index (χ0n) is 13.2. The van der Waals surface area contributed by atoms with Crippen molar-refractivity contribution < 1.29 is 13.2 Å². The molecule has 2 aromatic heterocycles. The van der Waals surface area contributed by atoms with Gasteiger partial charge in [-0.25, -0.2) is 22.4 Å². The lowest BCUT2D eigenvalue weighted by Crippen LogP contribution is -2.25. The molecule has 0 spiro atoms. The lowest BCUT2D eigenvalue weighted by Gasteiger charge is -2.06. The lowest BCUT2D eigenvalue weighted by molar-refractivity contribution is 0.548. The monoisotopic (exact) mass is 356 g/mol. The molecule has 2 aromatic carbocycles. The van der Waals surface area contributed by atoms with Crippen LogP contribution in [0.1, 0.15) is 5.56 Å². The fraction of sp³-hybridized carbons (Fsp3) is 0.0556. The van der Waals surface area contributed by atoms with Gasteiger partial charge >= 0.3 is 0 Å². The molecule has 0 fully saturated rings. The fourth-order valence-corrected chi connectivity index (χ4v) is 2.62. The number of hydrogen-bond donors (Lipinski definition) is 0. The molecule has 0 saturated heterocycles. The Morgan fingerprint density at radius 2 is 1.65 bits per heavy atom. The maximum absolute atomic E-state index is 13.8. The topological polar surface area (TPSA) is 52.2 Å². The van der Waals surface area contributed by atoms with E-state index in [0.29, 0.717) is 11.3 Å². The Hall–Kier alpha value is -3.42. The van der Waals surface area contributed by atoms with E-state index in [-0.39, 0.29) is 23.4 Å². The van der Waals surface area contributed by atoms with Crippen molar-refractivity contribution in [1.29, 1.82) is 0 Å². The summed E-state index contributed by atoms with van der Waals surface area (Å²) in [5, 5.41) is 8.22. The zero-order chi connectivity index (χ0) is 18.3. The van der Waals surface area contributed by atoms with Crippen molar-refractivity contribution in [3.8, 4) is 11.3 Å². The Morgan fingerprint density at radius 1 is 0.923 bits per heavy atom. The number of hydrogen-bond acceptors (Lipinski definition) is 3. The molecule has 2 heterocycles. The van der Waals surface area contributed by atoms with Gasteiger partial charge in [-0.05, 0) is 36.4 Å². The number of fused-ring (bicyclic) bond motifs is 1. The number of rotatable bonds is 3. The second-order valence-corrected chi connectivity index (χ2v) is 5.70. The summed E-state index contributed by atoms with van der Waals surface area (Å²) >= 11 is 0. The van der Waals surface area contributed by atoms with E-state index in [4.69, 9.17) is 0 Å². The van der Waals surface area contributed by atoms with Gasteiger partial charge < -0.3 is 0 Å². The molecule has 0 unspecified atom stereocenters. The maximum atomic E-state index is 13.8. The first-order valence-corrected chi connectivity index (χ1v) is 7.66. The van der Waals surface area contributed by atoms with E-state index in [1.165, 1.54) is 29.0 Å². The third kappa shape index (κ3) is 2.85. The van der Waals surface area contributed by atoms with Crippen molar-refractivity contribution >= 4 is 5.52 Å². The normalized spacial score (nSPS) is 11.2. The van der Waals surface area contributed by atoms with Crippen molar-refractivity contribution in [2.24, 2.45) is 0 Å². The van der Waals surface area contributed by atoms with Crippen molar-refractivity contribution in [1.82, 2.24) is 19.4 Å². The van der Waals surface area contributed by atoms with Crippen LogP contribution in [0, 0.1) is 17.5 Å². The predicted molar refractivity (Wildman–Crippen MR) is 88.1 cm³/mol. The minimum atomic E-state index is -0.751. The number of halogens is 3. The molecule has 0 amide bonds. The molecule has 0 N–H and O–H groups in total. The van der Waals surface area contributed by atoms with Gasteiger partial charge in [-0.1, -0.05) is 6.07 Å². The smallest absolute Gasteiger partial charge is 0.265 e. The Labute approximate surface area is 144 Å². The van der Waals surface area contributed by atoms with Crippen LogP contribution in [0.15, 0.2) is 59.7 Å². The first kappa shape index (κ1) is 16.1. The Bertz CT molecular complexity index is 1170. The summed E-state index contributed by atoms with van der Waals surface area (Å²) in [5.41, 5.74) is 1.03. The highest BCUT2D eigenvalue weighted by Crippen LogP contribution is 2.18. The second kappa shape index (κ2) is 6.14. The third-order valence-corrected chi connectivity index (χ3v) is 3.96. The van der Waals surface area contributed by atoms with E-state index in [2.05, 4.69) is 10.2 Å². The highest BCUT2D eigenvalue weighted by atomic mass is 19.1. The van der Waals surface area contributed by atoms with Crippen molar-refractivity contribution in [3.05, 3.63) is 88.2 Å². The third-order valence-electron chi connectivity index (χ3n) is 3.96. The summed E-state index contributed by atoms with van der Waals surface area (Å²) in [6.45, 7) is -0.140. The van der Waals surface area contributed by atoms with Gasteiger partial charge in [0.15, 0.2) is 0 Å². The second-order valence-electron chi connectivity index (χ2n) is 5.70. The number of benzene rings is 2. The van der Waals surface area contributed by atoms with Crippen LogP contribution in [0.4, 0.5) is 13.2 Å². The van der Waals surface area contributed by atoms with Crippen molar-refractivity contribution in [2.45, 2.75) is 6.54 Å². The SMILES string of the molecule is O=c1c2cc(-c3ccc(F)cc3)nn2cnn1Cc1ccc(F)cc1F. The summed E-state index contributed by atoms with van der Waals surface area (Å²) in [5.74, 6) is -1.82. The average molecular weight is 356 g/mol. The molecule has 8 heteroatoms. The van der Waals surface area contributed by atoms with Gasteiger partial charge in [0.05, 0.1) is 12.2 Å². The Balaban J connectivity index is 1.75. The maximum Gasteiger partial charge on any atom is 0.293 e. The van der Waals surface area contributed by atoms with E-state index in [9.17, 15) is 18.0 Å². The molecule has 0 aliphatic carbocycles. The molecule has 0 bridgehead atoms. The highest BCUT2D eigenvalue weighted by molar-refractivity contribution is 5.65. The number of nitrogens with zero attached hydrogens (tertiary/aromatic N) is 4. The summed E-state index contributed by atoms with van der Waals surface area (Å²) in [7, 11) is 0. The molecule has 4 rings (SSSR count). The van der Waals surface area contributed by atoms with E-state index in [1.807, 2.05) is 0 Å². The molecular weight excluding hydrogens is 345 g/mol. The van der Waals surface area contributed by atoms with Gasteiger partial charge in [0.1, 0.15) is 29.3 Å². The summed E-state index contributed by atoms with van der Waals surface area (Å²) in [6, 6.07) is 10.4. The molecule has 0 atom stereocenters. The van der Waals surface area contributed by atoms with Gasteiger partial charge in [0.2, 0.25) is 0 Å². The van der Waals surface area contributed by atoms with E-state index < -0.39 is 17.2 Å². The van der Waals surface area contributed by atoms with Crippen LogP contribution in [0.5, 0.6) is 0 Å². The summed E-state index contributed by atoms with van der Waals surface area (Å²) in [6.07, 6.45) is 1.32. The van der Waals surface area contributed by atoms with Crippen LogP contribution in [-0.2, 0) is 6.54 Å². The minimum Gasteiger partial charge on any atom is -0.265 e. The molecule has 4 aromatic rings. The summed E-state index contributed by atoms with van der Waals surface area (Å²) < 4.78 is 42.2. The molecule has 130 valence electrons. The Morgan fingerprint density at radius 3 is 2.38 bits per heavy atom. The first-order valence-electron chi connectivity index (χ1n) is 7.66.